The molecular weight excluding hydrogens is 176 g/mol. The third-order valence-corrected chi connectivity index (χ3v) is 2.55. The van der Waals surface area contributed by atoms with Gasteiger partial charge in [0.15, 0.2) is 0 Å². The molecule has 0 aliphatic carbocycles. The van der Waals surface area contributed by atoms with Crippen LogP contribution >= 0.6 is 0 Å². The van der Waals surface area contributed by atoms with Crippen LogP contribution in [0, 0.1) is 5.41 Å². The van der Waals surface area contributed by atoms with Gasteiger partial charge in [0.2, 0.25) is 0 Å². The second kappa shape index (κ2) is 5.03. The molecule has 0 saturated heterocycles. The first-order valence-electron chi connectivity index (χ1n) is 4.92. The Morgan fingerprint density at radius 2 is 2.07 bits per heavy atom. The van der Waals surface area contributed by atoms with Gasteiger partial charge in [-0.2, -0.15) is 0 Å². The van der Waals surface area contributed by atoms with Crippen molar-refractivity contribution in [2.45, 2.75) is 33.7 Å². The van der Waals surface area contributed by atoms with Gasteiger partial charge in [0.05, 0.1) is 0 Å². The summed E-state index contributed by atoms with van der Waals surface area (Å²) in [6, 6.07) is 0.152. The van der Waals surface area contributed by atoms with Gasteiger partial charge in [-0.15, -0.1) is 6.58 Å². The summed E-state index contributed by atoms with van der Waals surface area (Å²) in [7, 11) is 1.81. The van der Waals surface area contributed by atoms with Gasteiger partial charge in [-0.05, 0) is 12.3 Å². The highest BCUT2D eigenvalue weighted by Crippen LogP contribution is 2.22. The van der Waals surface area contributed by atoms with Crippen LogP contribution in [0.4, 0.5) is 4.79 Å². The van der Waals surface area contributed by atoms with Crippen molar-refractivity contribution >= 4 is 6.03 Å². The molecule has 0 rings (SSSR count). The third kappa shape index (κ3) is 3.81. The lowest BCUT2D eigenvalue weighted by atomic mass is 9.87. The summed E-state index contributed by atoms with van der Waals surface area (Å²) >= 11 is 0. The maximum Gasteiger partial charge on any atom is 0.317 e. The van der Waals surface area contributed by atoms with Crippen LogP contribution in [0.2, 0.25) is 0 Å². The predicted octanol–water partition coefficient (Wildman–Crippen LogP) is 2.25. The Morgan fingerprint density at radius 3 is 2.43 bits per heavy atom. The van der Waals surface area contributed by atoms with Crippen LogP contribution < -0.4 is 5.32 Å². The van der Waals surface area contributed by atoms with Gasteiger partial charge in [0.1, 0.15) is 0 Å². The standard InChI is InChI=1S/C11H22N2O/c1-7-8-12-10(14)13(6)9(2)11(3,4)5/h7,9H,1,8H2,2-6H3,(H,12,14)/t9-/m1/s1. The molecule has 0 fully saturated rings. The highest BCUT2D eigenvalue weighted by Gasteiger charge is 2.26. The first kappa shape index (κ1) is 13.0. The molecule has 14 heavy (non-hydrogen) atoms. The van der Waals surface area contributed by atoms with E-state index in [1.807, 2.05) is 14.0 Å². The molecule has 0 aromatic heterocycles. The maximum absolute atomic E-state index is 11.6. The SMILES string of the molecule is C=CCNC(=O)N(C)[C@H](C)C(C)(C)C. The van der Waals surface area contributed by atoms with E-state index >= 15 is 0 Å². The number of nitrogens with one attached hydrogen (secondary N) is 1. The molecule has 3 heteroatoms. The number of carbonyl (C=O) groups excluding carboxylic acids is 1. The van der Waals surface area contributed by atoms with E-state index in [1.165, 1.54) is 0 Å². The minimum absolute atomic E-state index is 0.0488. The van der Waals surface area contributed by atoms with Crippen molar-refractivity contribution in [3.63, 3.8) is 0 Å². The molecule has 82 valence electrons. The van der Waals surface area contributed by atoms with Crippen molar-refractivity contribution in [1.29, 1.82) is 0 Å². The molecule has 0 unspecified atom stereocenters. The zero-order chi connectivity index (χ0) is 11.4. The Labute approximate surface area is 87.2 Å². The summed E-state index contributed by atoms with van der Waals surface area (Å²) < 4.78 is 0. The number of hydrogen-bond acceptors (Lipinski definition) is 1. The lowest BCUT2D eigenvalue weighted by Crippen LogP contribution is -2.47. The van der Waals surface area contributed by atoms with Crippen LogP contribution in [0.25, 0.3) is 0 Å². The van der Waals surface area contributed by atoms with E-state index in [1.54, 1.807) is 11.0 Å². The minimum Gasteiger partial charge on any atom is -0.335 e. The van der Waals surface area contributed by atoms with Gasteiger partial charge in [0.25, 0.3) is 0 Å². The molecule has 2 amide bonds. The number of nitrogens with zero attached hydrogens (tertiary/aromatic N) is 1. The molecule has 1 atom stereocenters. The van der Waals surface area contributed by atoms with Crippen molar-refractivity contribution < 1.29 is 4.79 Å². The highest BCUT2D eigenvalue weighted by atomic mass is 16.2. The fourth-order valence-corrected chi connectivity index (χ4v) is 1.04. The fraction of sp³-hybridized carbons (Fsp3) is 0.727. The van der Waals surface area contributed by atoms with Gasteiger partial charge in [0, 0.05) is 19.6 Å². The van der Waals surface area contributed by atoms with Crippen molar-refractivity contribution in [3.05, 3.63) is 12.7 Å². The molecule has 0 saturated carbocycles. The van der Waals surface area contributed by atoms with Crippen LogP contribution in [-0.4, -0.2) is 30.6 Å². The second-order valence-electron chi connectivity index (χ2n) is 4.63. The van der Waals surface area contributed by atoms with Gasteiger partial charge < -0.3 is 10.2 Å². The molecule has 0 aromatic carbocycles. The lowest BCUT2D eigenvalue weighted by molar-refractivity contribution is 0.147. The molecule has 0 aliphatic rings. The van der Waals surface area contributed by atoms with Crippen LogP contribution in [0.5, 0.6) is 0 Å². The number of carbonyl (C=O) groups is 1. The lowest BCUT2D eigenvalue weighted by Gasteiger charge is -2.35. The molecule has 0 radical (unpaired) electrons. The quantitative estimate of drug-likeness (QED) is 0.693. The van der Waals surface area contributed by atoms with E-state index in [0.29, 0.717) is 6.54 Å². The Balaban J connectivity index is 4.24. The summed E-state index contributed by atoms with van der Waals surface area (Å²) in [4.78, 5) is 13.3. The zero-order valence-electron chi connectivity index (χ0n) is 9.92. The van der Waals surface area contributed by atoms with Crippen molar-refractivity contribution in [2.75, 3.05) is 13.6 Å². The van der Waals surface area contributed by atoms with Gasteiger partial charge in [-0.25, -0.2) is 4.79 Å². The summed E-state index contributed by atoms with van der Waals surface area (Å²) in [5.74, 6) is 0. The van der Waals surface area contributed by atoms with E-state index in [2.05, 4.69) is 32.7 Å². The summed E-state index contributed by atoms with van der Waals surface area (Å²) in [6.07, 6.45) is 1.67. The third-order valence-electron chi connectivity index (χ3n) is 2.55. The van der Waals surface area contributed by atoms with Crippen LogP contribution in [0.1, 0.15) is 27.7 Å². The molecular formula is C11H22N2O. The zero-order valence-corrected chi connectivity index (χ0v) is 9.92. The second-order valence-corrected chi connectivity index (χ2v) is 4.63. The number of rotatable bonds is 3. The molecule has 0 bridgehead atoms. The summed E-state index contributed by atoms with van der Waals surface area (Å²) in [5, 5.41) is 2.75. The molecule has 0 aliphatic heterocycles. The summed E-state index contributed by atoms with van der Waals surface area (Å²) in [6.45, 7) is 12.5. The molecule has 3 nitrogen and oxygen atoms in total. The maximum atomic E-state index is 11.6. The topological polar surface area (TPSA) is 32.3 Å². The number of urea groups is 1. The molecule has 0 heterocycles. The highest BCUT2D eigenvalue weighted by molar-refractivity contribution is 5.74. The Kier molecular flexibility index (Phi) is 4.68. The first-order valence-corrected chi connectivity index (χ1v) is 4.92. The Bertz CT molecular complexity index is 206. The van der Waals surface area contributed by atoms with Crippen molar-refractivity contribution in [3.8, 4) is 0 Å². The van der Waals surface area contributed by atoms with E-state index in [4.69, 9.17) is 0 Å². The van der Waals surface area contributed by atoms with Crippen LogP contribution in [0.3, 0.4) is 0 Å². The van der Waals surface area contributed by atoms with Gasteiger partial charge in [-0.3, -0.25) is 0 Å². The van der Waals surface area contributed by atoms with E-state index in [-0.39, 0.29) is 17.5 Å². The van der Waals surface area contributed by atoms with Crippen molar-refractivity contribution in [1.82, 2.24) is 10.2 Å². The normalized spacial score (nSPS) is 13.2. The van der Waals surface area contributed by atoms with E-state index in [9.17, 15) is 4.79 Å². The van der Waals surface area contributed by atoms with Crippen LogP contribution in [0.15, 0.2) is 12.7 Å². The van der Waals surface area contributed by atoms with E-state index < -0.39 is 0 Å². The van der Waals surface area contributed by atoms with E-state index in [0.717, 1.165) is 0 Å². The molecule has 0 spiro atoms. The number of amides is 2. The molecule has 1 N–H and O–H groups in total. The smallest absolute Gasteiger partial charge is 0.317 e. The monoisotopic (exact) mass is 198 g/mol. The minimum atomic E-state index is -0.0488. The average molecular weight is 198 g/mol. The first-order chi connectivity index (χ1) is 6.30. The Hall–Kier alpha value is -0.990. The summed E-state index contributed by atoms with van der Waals surface area (Å²) in [5.41, 5.74) is 0.0975. The number of hydrogen-bond donors (Lipinski definition) is 1. The average Bonchev–Trinajstić information content (AvgIpc) is 2.10. The van der Waals surface area contributed by atoms with Gasteiger partial charge in [-0.1, -0.05) is 26.8 Å². The van der Waals surface area contributed by atoms with Gasteiger partial charge >= 0.3 is 6.03 Å². The Morgan fingerprint density at radius 1 is 1.57 bits per heavy atom. The van der Waals surface area contributed by atoms with Crippen molar-refractivity contribution in [2.24, 2.45) is 5.41 Å². The largest absolute Gasteiger partial charge is 0.335 e. The van der Waals surface area contributed by atoms with Crippen LogP contribution in [-0.2, 0) is 0 Å². The molecule has 0 aromatic rings. The fourth-order valence-electron chi connectivity index (χ4n) is 1.04. The predicted molar refractivity (Wildman–Crippen MR) is 60.3 cm³/mol.